The minimum Gasteiger partial charge on any atom is -0.354 e. The van der Waals surface area contributed by atoms with E-state index in [0.29, 0.717) is 17.8 Å². The predicted molar refractivity (Wildman–Crippen MR) is 103 cm³/mol. The molecule has 0 unspecified atom stereocenters. The maximum absolute atomic E-state index is 12.3. The highest BCUT2D eigenvalue weighted by molar-refractivity contribution is 9.11. The number of hydrogen-bond acceptors (Lipinski definition) is 5. The van der Waals surface area contributed by atoms with Gasteiger partial charge in [-0.05, 0) is 40.9 Å². The number of halogens is 1. The molecular weight excluding hydrogens is 418 g/mol. The molecule has 0 atom stereocenters. The summed E-state index contributed by atoms with van der Waals surface area (Å²) in [6.45, 7) is 1.48. The number of hydrogen-bond donors (Lipinski definition) is 1. The second-order valence-electron chi connectivity index (χ2n) is 6.36. The molecule has 0 saturated carbocycles. The quantitative estimate of drug-likeness (QED) is 0.748. The topological polar surface area (TPSA) is 80.1 Å². The number of carbonyl (C=O) groups is 2. The zero-order valence-corrected chi connectivity index (χ0v) is 17.1. The molecule has 1 aliphatic heterocycles. The molecule has 0 fully saturated rings. The number of aromatic nitrogens is 3. The molecule has 2 aromatic rings. The highest BCUT2D eigenvalue weighted by Crippen LogP contribution is 2.23. The van der Waals surface area contributed by atoms with E-state index in [1.54, 1.807) is 13.1 Å². The molecule has 140 valence electrons. The summed E-state index contributed by atoms with van der Waals surface area (Å²) in [5.41, 5.74) is 0. The fraction of sp³-hybridized carbons (Fsp3) is 0.529. The molecule has 0 saturated heterocycles. The van der Waals surface area contributed by atoms with Gasteiger partial charge in [0.2, 0.25) is 5.91 Å². The Balaban J connectivity index is 1.46. The van der Waals surface area contributed by atoms with Crippen LogP contribution < -0.4 is 5.32 Å². The zero-order valence-electron chi connectivity index (χ0n) is 14.7. The average molecular weight is 440 g/mol. The van der Waals surface area contributed by atoms with Gasteiger partial charge < -0.3 is 14.8 Å². The Morgan fingerprint density at radius 3 is 2.92 bits per heavy atom. The van der Waals surface area contributed by atoms with Crippen LogP contribution in [0.15, 0.2) is 15.9 Å². The van der Waals surface area contributed by atoms with Crippen LogP contribution in [0.4, 0.5) is 0 Å². The first-order valence-electron chi connectivity index (χ1n) is 8.73. The molecule has 3 rings (SSSR count). The number of nitrogens with one attached hydrogen (secondary N) is 1. The highest BCUT2D eigenvalue weighted by Gasteiger charge is 2.17. The van der Waals surface area contributed by atoms with Gasteiger partial charge in [0.25, 0.3) is 5.91 Å². The maximum atomic E-state index is 12.3. The van der Waals surface area contributed by atoms with Crippen LogP contribution in [0.25, 0.3) is 0 Å². The van der Waals surface area contributed by atoms with Crippen molar-refractivity contribution in [2.45, 2.75) is 38.6 Å². The maximum Gasteiger partial charge on any atom is 0.264 e. The number of fused-ring (bicyclic) bond motifs is 1. The summed E-state index contributed by atoms with van der Waals surface area (Å²) >= 11 is 4.70. The lowest BCUT2D eigenvalue weighted by atomic mass is 10.2. The predicted octanol–water partition coefficient (Wildman–Crippen LogP) is 2.26. The first-order chi connectivity index (χ1) is 12.5. The number of nitrogens with zero attached hydrogens (tertiary/aromatic N) is 4. The van der Waals surface area contributed by atoms with E-state index >= 15 is 0 Å². The van der Waals surface area contributed by atoms with Crippen molar-refractivity contribution in [2.24, 2.45) is 0 Å². The Hall–Kier alpha value is -1.74. The SMILES string of the molecule is CN(CC(=O)NCCc1nnc2n1CCCCC2)C(=O)c1ccc(Br)s1. The Morgan fingerprint density at radius 1 is 1.31 bits per heavy atom. The third-order valence-corrected chi connectivity index (χ3v) is 5.98. The standard InChI is InChI=1S/C17H22BrN5O2S/c1-22(17(25)12-6-7-13(18)26-12)11-16(24)19-9-8-15-21-20-14-5-3-2-4-10-23(14)15/h6-7H,2-5,8-11H2,1H3,(H,19,24). The zero-order chi connectivity index (χ0) is 18.5. The summed E-state index contributed by atoms with van der Waals surface area (Å²) in [5.74, 6) is 1.65. The number of likely N-dealkylation sites (N-methyl/N-ethyl adjacent to an activating group) is 1. The summed E-state index contributed by atoms with van der Waals surface area (Å²) in [6.07, 6.45) is 5.16. The summed E-state index contributed by atoms with van der Waals surface area (Å²) in [7, 11) is 1.63. The van der Waals surface area contributed by atoms with E-state index in [2.05, 4.69) is 36.0 Å². The van der Waals surface area contributed by atoms with Gasteiger partial charge in [0.15, 0.2) is 0 Å². The van der Waals surface area contributed by atoms with Gasteiger partial charge >= 0.3 is 0 Å². The van der Waals surface area contributed by atoms with Crippen molar-refractivity contribution in [1.82, 2.24) is 25.0 Å². The summed E-state index contributed by atoms with van der Waals surface area (Å²) < 4.78 is 3.08. The van der Waals surface area contributed by atoms with Gasteiger partial charge in [-0.25, -0.2) is 0 Å². The van der Waals surface area contributed by atoms with E-state index in [-0.39, 0.29) is 18.4 Å². The Kier molecular flexibility index (Phi) is 6.42. The fourth-order valence-electron chi connectivity index (χ4n) is 3.00. The molecular formula is C17H22BrN5O2S. The Labute approximate surface area is 164 Å². The van der Waals surface area contributed by atoms with Crippen LogP contribution in [0.2, 0.25) is 0 Å². The molecule has 0 bridgehead atoms. The molecule has 0 radical (unpaired) electrons. The molecule has 0 spiro atoms. The lowest BCUT2D eigenvalue weighted by molar-refractivity contribution is -0.121. The summed E-state index contributed by atoms with van der Waals surface area (Å²) in [5, 5.41) is 11.4. The van der Waals surface area contributed by atoms with Crippen LogP contribution >= 0.6 is 27.3 Å². The normalized spacial score (nSPS) is 13.8. The van der Waals surface area contributed by atoms with E-state index in [4.69, 9.17) is 0 Å². The van der Waals surface area contributed by atoms with Crippen LogP contribution in [0.3, 0.4) is 0 Å². The first kappa shape index (κ1) is 19.0. The molecule has 1 aliphatic rings. The molecule has 7 nitrogen and oxygen atoms in total. The first-order valence-corrected chi connectivity index (χ1v) is 10.3. The van der Waals surface area contributed by atoms with Crippen molar-refractivity contribution < 1.29 is 9.59 Å². The van der Waals surface area contributed by atoms with Crippen LogP contribution in [-0.2, 0) is 24.2 Å². The van der Waals surface area contributed by atoms with Crippen molar-refractivity contribution in [2.75, 3.05) is 20.1 Å². The Bertz CT molecular complexity index is 788. The van der Waals surface area contributed by atoms with Crippen molar-refractivity contribution in [3.05, 3.63) is 32.4 Å². The third-order valence-electron chi connectivity index (χ3n) is 4.37. The lowest BCUT2D eigenvalue weighted by Gasteiger charge is -2.16. The van der Waals surface area contributed by atoms with Crippen LogP contribution in [0.1, 0.15) is 40.6 Å². The highest BCUT2D eigenvalue weighted by atomic mass is 79.9. The summed E-state index contributed by atoms with van der Waals surface area (Å²) in [6, 6.07) is 3.58. The van der Waals surface area contributed by atoms with E-state index in [1.807, 2.05) is 6.07 Å². The smallest absolute Gasteiger partial charge is 0.264 e. The molecule has 3 heterocycles. The minimum atomic E-state index is -0.174. The molecule has 0 aromatic carbocycles. The van der Waals surface area contributed by atoms with Gasteiger partial charge in [0.1, 0.15) is 11.6 Å². The van der Waals surface area contributed by atoms with Crippen LogP contribution in [0, 0.1) is 0 Å². The molecule has 1 N–H and O–H groups in total. The average Bonchev–Trinajstić information content (AvgIpc) is 3.13. The van der Waals surface area contributed by atoms with Gasteiger partial charge in [-0.15, -0.1) is 21.5 Å². The van der Waals surface area contributed by atoms with E-state index in [9.17, 15) is 9.59 Å². The molecule has 0 aliphatic carbocycles. The summed E-state index contributed by atoms with van der Waals surface area (Å²) in [4.78, 5) is 26.4. The van der Waals surface area contributed by atoms with Gasteiger partial charge in [0, 0.05) is 33.0 Å². The number of aryl methyl sites for hydroxylation is 1. The number of amides is 2. The van der Waals surface area contributed by atoms with Gasteiger partial charge in [-0.2, -0.15) is 0 Å². The molecule has 2 aromatic heterocycles. The molecule has 9 heteroatoms. The number of thiophene rings is 1. The van der Waals surface area contributed by atoms with Crippen molar-refractivity contribution in [3.63, 3.8) is 0 Å². The monoisotopic (exact) mass is 439 g/mol. The molecule has 26 heavy (non-hydrogen) atoms. The largest absolute Gasteiger partial charge is 0.354 e. The van der Waals surface area contributed by atoms with Crippen LogP contribution in [0.5, 0.6) is 0 Å². The van der Waals surface area contributed by atoms with Crippen LogP contribution in [-0.4, -0.2) is 51.6 Å². The fourth-order valence-corrected chi connectivity index (χ4v) is 4.39. The van der Waals surface area contributed by atoms with E-state index in [0.717, 1.165) is 41.2 Å². The lowest BCUT2D eigenvalue weighted by Crippen LogP contribution is -2.39. The van der Waals surface area contributed by atoms with Crippen molar-refractivity contribution in [1.29, 1.82) is 0 Å². The van der Waals surface area contributed by atoms with Crippen molar-refractivity contribution >= 4 is 39.1 Å². The van der Waals surface area contributed by atoms with Gasteiger partial charge in [-0.1, -0.05) is 6.42 Å². The second kappa shape index (κ2) is 8.77. The second-order valence-corrected chi connectivity index (χ2v) is 8.82. The van der Waals surface area contributed by atoms with Crippen molar-refractivity contribution in [3.8, 4) is 0 Å². The minimum absolute atomic E-state index is 0.0340. The Morgan fingerprint density at radius 2 is 2.15 bits per heavy atom. The van der Waals surface area contributed by atoms with Gasteiger partial charge in [0.05, 0.1) is 15.2 Å². The number of carbonyl (C=O) groups excluding carboxylic acids is 2. The van der Waals surface area contributed by atoms with E-state index in [1.165, 1.54) is 22.7 Å². The third kappa shape index (κ3) is 4.70. The van der Waals surface area contributed by atoms with Gasteiger partial charge in [-0.3, -0.25) is 9.59 Å². The number of rotatable bonds is 6. The van der Waals surface area contributed by atoms with E-state index < -0.39 is 0 Å². The molecule has 2 amide bonds.